The maximum atomic E-state index is 11.2. The summed E-state index contributed by atoms with van der Waals surface area (Å²) in [7, 11) is 0. The van der Waals surface area contributed by atoms with E-state index in [1.54, 1.807) is 6.20 Å². The van der Waals surface area contributed by atoms with Crippen molar-refractivity contribution in [2.75, 3.05) is 6.54 Å². The number of carbonyl (C=O) groups is 2. The summed E-state index contributed by atoms with van der Waals surface area (Å²) in [5, 5.41) is 2.48. The Kier molecular flexibility index (Phi) is 3.44. The maximum absolute atomic E-state index is 11.2. The number of nitrogens with one attached hydrogen (secondary N) is 1. The van der Waals surface area contributed by atoms with E-state index in [-0.39, 0.29) is 24.8 Å². The van der Waals surface area contributed by atoms with Crippen molar-refractivity contribution in [2.24, 2.45) is 0 Å². The summed E-state index contributed by atoms with van der Waals surface area (Å²) in [6.45, 7) is 0.236. The summed E-state index contributed by atoms with van der Waals surface area (Å²) in [6.07, 6.45) is 8.57. The molecule has 0 aliphatic rings. The minimum absolute atomic E-state index is 0.0513. The second-order valence-corrected chi connectivity index (χ2v) is 2.51. The molecule has 1 N–H and O–H groups in total. The lowest BCUT2D eigenvalue weighted by molar-refractivity contribution is -0.121. The number of nitrogens with zero attached hydrogens (tertiary/aromatic N) is 2. The van der Waals surface area contributed by atoms with Gasteiger partial charge in [0.15, 0.2) is 12.1 Å². The zero-order valence-corrected chi connectivity index (χ0v) is 7.43. The first-order valence-electron chi connectivity index (χ1n) is 3.94. The van der Waals surface area contributed by atoms with Crippen molar-refractivity contribution in [3.8, 4) is 12.3 Å². The first-order chi connectivity index (χ1) is 6.77. The predicted molar refractivity (Wildman–Crippen MR) is 49.5 cm³/mol. The molecule has 1 rings (SSSR count). The molecule has 5 heteroatoms. The summed E-state index contributed by atoms with van der Waals surface area (Å²) in [5.41, 5.74) is 0. The molecule has 72 valence electrons. The van der Waals surface area contributed by atoms with Crippen molar-refractivity contribution in [3.05, 3.63) is 18.2 Å². The van der Waals surface area contributed by atoms with Crippen molar-refractivity contribution in [3.63, 3.8) is 0 Å². The number of imidazole rings is 1. The average molecular weight is 191 g/mol. The average Bonchev–Trinajstić information content (AvgIpc) is 2.62. The number of hydrogen-bond acceptors (Lipinski definition) is 3. The van der Waals surface area contributed by atoms with Gasteiger partial charge < -0.3 is 9.88 Å². The van der Waals surface area contributed by atoms with E-state index in [9.17, 15) is 9.59 Å². The van der Waals surface area contributed by atoms with Gasteiger partial charge in [0.25, 0.3) is 0 Å². The molecule has 1 amide bonds. The number of rotatable bonds is 4. The van der Waals surface area contributed by atoms with Crippen LogP contribution in [0.1, 0.15) is 10.6 Å². The lowest BCUT2D eigenvalue weighted by Crippen LogP contribution is -2.28. The van der Waals surface area contributed by atoms with Crippen LogP contribution in [0.4, 0.5) is 0 Å². The molecule has 14 heavy (non-hydrogen) atoms. The van der Waals surface area contributed by atoms with Crippen LogP contribution >= 0.6 is 0 Å². The topological polar surface area (TPSA) is 64.0 Å². The molecule has 0 aromatic carbocycles. The molecule has 0 unspecified atom stereocenters. The Bertz CT molecular complexity index is 376. The van der Waals surface area contributed by atoms with Crippen LogP contribution < -0.4 is 5.32 Å². The highest BCUT2D eigenvalue weighted by atomic mass is 16.2. The lowest BCUT2D eigenvalue weighted by atomic mass is 10.5. The summed E-state index contributed by atoms with van der Waals surface area (Å²) in [5.74, 6) is 2.26. The number of terminal acetylenes is 1. The van der Waals surface area contributed by atoms with Crippen LogP contribution in [0.15, 0.2) is 12.4 Å². The predicted octanol–water partition coefficient (Wildman–Crippen LogP) is -0.555. The van der Waals surface area contributed by atoms with Crippen molar-refractivity contribution in [1.29, 1.82) is 0 Å². The molecule has 0 aliphatic heterocycles. The van der Waals surface area contributed by atoms with Crippen molar-refractivity contribution in [2.45, 2.75) is 6.54 Å². The third-order valence-corrected chi connectivity index (χ3v) is 1.55. The fourth-order valence-electron chi connectivity index (χ4n) is 0.933. The van der Waals surface area contributed by atoms with Crippen LogP contribution in [0.2, 0.25) is 0 Å². The molecule has 0 atom stereocenters. The van der Waals surface area contributed by atoms with Gasteiger partial charge in [0.05, 0.1) is 6.54 Å². The van der Waals surface area contributed by atoms with Gasteiger partial charge in [-0.2, -0.15) is 0 Å². The molecule has 1 aromatic heterocycles. The van der Waals surface area contributed by atoms with Crippen LogP contribution in [0.5, 0.6) is 0 Å². The Balaban J connectivity index is 2.56. The Morgan fingerprint density at radius 3 is 3.21 bits per heavy atom. The first-order valence-corrected chi connectivity index (χ1v) is 3.94. The molecule has 5 nitrogen and oxygen atoms in total. The molecule has 0 bridgehead atoms. The smallest absolute Gasteiger partial charge is 0.240 e. The molecule has 1 aromatic rings. The quantitative estimate of drug-likeness (QED) is 0.512. The number of hydrogen-bond donors (Lipinski definition) is 1. The molecule has 0 fully saturated rings. The highest BCUT2D eigenvalue weighted by Gasteiger charge is 2.05. The van der Waals surface area contributed by atoms with Gasteiger partial charge in [-0.3, -0.25) is 9.59 Å². The van der Waals surface area contributed by atoms with Gasteiger partial charge in [0.1, 0.15) is 6.54 Å². The minimum atomic E-state index is -0.246. The zero-order chi connectivity index (χ0) is 10.4. The summed E-state index contributed by atoms with van der Waals surface area (Å²) >= 11 is 0. The molecule has 0 saturated carbocycles. The van der Waals surface area contributed by atoms with Crippen molar-refractivity contribution in [1.82, 2.24) is 14.9 Å². The van der Waals surface area contributed by atoms with E-state index in [1.165, 1.54) is 10.8 Å². The molecule has 0 saturated heterocycles. The van der Waals surface area contributed by atoms with E-state index in [0.717, 1.165) is 0 Å². The molecular weight excluding hydrogens is 182 g/mol. The molecular formula is C9H9N3O2. The van der Waals surface area contributed by atoms with E-state index >= 15 is 0 Å². The Labute approximate surface area is 81.1 Å². The van der Waals surface area contributed by atoms with Gasteiger partial charge in [-0.15, -0.1) is 6.42 Å². The molecule has 0 spiro atoms. The largest absolute Gasteiger partial charge is 0.344 e. The SMILES string of the molecule is C#CCNC(=O)Cn1ccnc1C=O. The summed E-state index contributed by atoms with van der Waals surface area (Å²) < 4.78 is 1.44. The molecule has 0 radical (unpaired) electrons. The number of amides is 1. The monoisotopic (exact) mass is 191 g/mol. The van der Waals surface area contributed by atoms with Gasteiger partial charge in [-0.1, -0.05) is 5.92 Å². The highest BCUT2D eigenvalue weighted by Crippen LogP contribution is 1.93. The van der Waals surface area contributed by atoms with Gasteiger partial charge in [-0.25, -0.2) is 4.98 Å². The van der Waals surface area contributed by atoms with E-state index in [0.29, 0.717) is 6.29 Å². The zero-order valence-electron chi connectivity index (χ0n) is 7.43. The van der Waals surface area contributed by atoms with E-state index in [1.807, 2.05) is 0 Å². The van der Waals surface area contributed by atoms with Crippen LogP contribution in [0, 0.1) is 12.3 Å². The Morgan fingerprint density at radius 1 is 1.79 bits per heavy atom. The summed E-state index contributed by atoms with van der Waals surface area (Å²) in [6, 6.07) is 0. The van der Waals surface area contributed by atoms with Gasteiger partial charge in [0.2, 0.25) is 5.91 Å². The maximum Gasteiger partial charge on any atom is 0.240 e. The van der Waals surface area contributed by atoms with Crippen molar-refractivity contribution >= 4 is 12.2 Å². The van der Waals surface area contributed by atoms with Gasteiger partial charge in [0, 0.05) is 12.4 Å². The van der Waals surface area contributed by atoms with Gasteiger partial charge in [-0.05, 0) is 0 Å². The standard InChI is InChI=1S/C9H9N3O2/c1-2-3-11-9(14)6-12-5-4-10-8(12)7-13/h1,4-5,7H,3,6H2,(H,11,14). The summed E-state index contributed by atoms with van der Waals surface area (Å²) in [4.78, 5) is 25.3. The van der Waals surface area contributed by atoms with Gasteiger partial charge >= 0.3 is 0 Å². The fourth-order valence-corrected chi connectivity index (χ4v) is 0.933. The van der Waals surface area contributed by atoms with Crippen LogP contribution in [0.3, 0.4) is 0 Å². The van der Waals surface area contributed by atoms with Crippen LogP contribution in [-0.4, -0.2) is 28.3 Å². The second kappa shape index (κ2) is 4.82. The Hall–Kier alpha value is -2.09. The third-order valence-electron chi connectivity index (χ3n) is 1.55. The van der Waals surface area contributed by atoms with E-state index < -0.39 is 0 Å². The van der Waals surface area contributed by atoms with E-state index in [2.05, 4.69) is 16.2 Å². The molecule has 1 heterocycles. The number of aldehydes is 1. The second-order valence-electron chi connectivity index (χ2n) is 2.51. The Morgan fingerprint density at radius 2 is 2.57 bits per heavy atom. The van der Waals surface area contributed by atoms with E-state index in [4.69, 9.17) is 6.42 Å². The third kappa shape index (κ3) is 2.45. The highest BCUT2D eigenvalue weighted by molar-refractivity contribution is 5.77. The molecule has 0 aliphatic carbocycles. The lowest BCUT2D eigenvalue weighted by Gasteiger charge is -2.03. The fraction of sp³-hybridized carbons (Fsp3) is 0.222. The minimum Gasteiger partial charge on any atom is -0.344 e. The number of carbonyl (C=O) groups excluding carboxylic acids is 2. The van der Waals surface area contributed by atoms with Crippen molar-refractivity contribution < 1.29 is 9.59 Å². The van der Waals surface area contributed by atoms with Crippen LogP contribution in [-0.2, 0) is 11.3 Å². The normalized spacial score (nSPS) is 9.07. The first kappa shape index (κ1) is 9.99. The van der Waals surface area contributed by atoms with Crippen LogP contribution in [0.25, 0.3) is 0 Å². The number of aromatic nitrogens is 2.